The van der Waals surface area contributed by atoms with Crippen LogP contribution in [0.2, 0.25) is 0 Å². The molecule has 122 valence electrons. The molecule has 1 aromatic carbocycles. The van der Waals surface area contributed by atoms with Gasteiger partial charge in [-0.15, -0.1) is 0 Å². The van der Waals surface area contributed by atoms with Crippen molar-refractivity contribution in [2.75, 3.05) is 31.1 Å². The molecule has 2 aromatic heterocycles. The van der Waals surface area contributed by atoms with E-state index < -0.39 is 5.82 Å². The molecular weight excluding hydrogens is 309 g/mol. The minimum atomic E-state index is -0.468. The van der Waals surface area contributed by atoms with E-state index in [0.29, 0.717) is 22.3 Å². The molecule has 6 heteroatoms. The van der Waals surface area contributed by atoms with E-state index in [1.54, 1.807) is 6.07 Å². The topological polar surface area (TPSA) is 58.4 Å². The van der Waals surface area contributed by atoms with E-state index >= 15 is 0 Å². The molecule has 0 unspecified atom stereocenters. The number of rotatable bonds is 2. The van der Waals surface area contributed by atoms with Gasteiger partial charge in [0.15, 0.2) is 5.43 Å². The first kappa shape index (κ1) is 14.8. The SMILES string of the molecule is O=c1cc(-c2cncc(F)c2)oc2ccc(N3CCNCC3)cc12. The molecule has 1 saturated heterocycles. The monoisotopic (exact) mass is 325 g/mol. The smallest absolute Gasteiger partial charge is 0.193 e. The highest BCUT2D eigenvalue weighted by atomic mass is 19.1. The van der Waals surface area contributed by atoms with E-state index in [-0.39, 0.29) is 5.43 Å². The Bertz CT molecular complexity index is 948. The number of nitrogens with zero attached hydrogens (tertiary/aromatic N) is 2. The summed E-state index contributed by atoms with van der Waals surface area (Å²) < 4.78 is 19.1. The number of aromatic nitrogens is 1. The summed E-state index contributed by atoms with van der Waals surface area (Å²) in [5, 5.41) is 3.83. The van der Waals surface area contributed by atoms with Crippen LogP contribution in [0.4, 0.5) is 10.1 Å². The van der Waals surface area contributed by atoms with Gasteiger partial charge in [-0.05, 0) is 24.3 Å². The lowest BCUT2D eigenvalue weighted by molar-refractivity contribution is 0.588. The lowest BCUT2D eigenvalue weighted by Crippen LogP contribution is -2.43. The maximum atomic E-state index is 13.3. The van der Waals surface area contributed by atoms with Gasteiger partial charge in [-0.3, -0.25) is 9.78 Å². The molecule has 5 nitrogen and oxygen atoms in total. The Labute approximate surface area is 137 Å². The largest absolute Gasteiger partial charge is 0.456 e. The van der Waals surface area contributed by atoms with Crippen molar-refractivity contribution in [1.29, 1.82) is 0 Å². The summed E-state index contributed by atoms with van der Waals surface area (Å²) >= 11 is 0. The number of benzene rings is 1. The summed E-state index contributed by atoms with van der Waals surface area (Å²) in [6, 6.07) is 8.29. The van der Waals surface area contributed by atoms with E-state index in [2.05, 4.69) is 15.2 Å². The summed E-state index contributed by atoms with van der Waals surface area (Å²) in [5.41, 5.74) is 1.80. The van der Waals surface area contributed by atoms with Crippen LogP contribution in [0, 0.1) is 5.82 Å². The maximum Gasteiger partial charge on any atom is 0.193 e. The number of hydrogen-bond acceptors (Lipinski definition) is 5. The first-order valence-electron chi connectivity index (χ1n) is 7.85. The molecule has 3 heterocycles. The third-order valence-corrected chi connectivity index (χ3v) is 4.18. The molecule has 1 N–H and O–H groups in total. The number of anilines is 1. The fraction of sp³-hybridized carbons (Fsp3) is 0.222. The number of nitrogens with one attached hydrogen (secondary N) is 1. The van der Waals surface area contributed by atoms with Crippen LogP contribution in [-0.4, -0.2) is 31.2 Å². The van der Waals surface area contributed by atoms with Crippen LogP contribution in [0.15, 0.2) is 51.9 Å². The van der Waals surface area contributed by atoms with Crippen molar-refractivity contribution in [1.82, 2.24) is 10.3 Å². The summed E-state index contributed by atoms with van der Waals surface area (Å²) in [5.74, 6) is -0.154. The maximum absolute atomic E-state index is 13.3. The molecule has 1 aliphatic heterocycles. The Balaban J connectivity index is 1.78. The van der Waals surface area contributed by atoms with Crippen LogP contribution in [-0.2, 0) is 0 Å². The van der Waals surface area contributed by atoms with Crippen molar-refractivity contribution < 1.29 is 8.81 Å². The third-order valence-electron chi connectivity index (χ3n) is 4.18. The number of piperazine rings is 1. The molecule has 4 rings (SSSR count). The Morgan fingerprint density at radius 1 is 1.12 bits per heavy atom. The van der Waals surface area contributed by atoms with Crippen LogP contribution < -0.4 is 15.6 Å². The second kappa shape index (κ2) is 6.05. The molecule has 1 aliphatic rings. The molecule has 3 aromatic rings. The lowest BCUT2D eigenvalue weighted by atomic mass is 10.1. The molecule has 0 bridgehead atoms. The quantitative estimate of drug-likeness (QED) is 0.784. The molecule has 0 atom stereocenters. The number of hydrogen-bond donors (Lipinski definition) is 1. The van der Waals surface area contributed by atoms with Crippen molar-refractivity contribution in [3.8, 4) is 11.3 Å². The van der Waals surface area contributed by atoms with Crippen LogP contribution in [0.5, 0.6) is 0 Å². The Hall–Kier alpha value is -2.73. The average molecular weight is 325 g/mol. The van der Waals surface area contributed by atoms with Crippen molar-refractivity contribution >= 4 is 16.7 Å². The van der Waals surface area contributed by atoms with Crippen LogP contribution in [0.25, 0.3) is 22.3 Å². The number of pyridine rings is 1. The first-order chi connectivity index (χ1) is 11.7. The zero-order valence-electron chi connectivity index (χ0n) is 13.0. The average Bonchev–Trinajstić information content (AvgIpc) is 2.62. The summed E-state index contributed by atoms with van der Waals surface area (Å²) in [6.07, 6.45) is 2.59. The second-order valence-electron chi connectivity index (χ2n) is 5.78. The highest BCUT2D eigenvalue weighted by Gasteiger charge is 2.13. The summed E-state index contributed by atoms with van der Waals surface area (Å²) in [4.78, 5) is 18.5. The summed E-state index contributed by atoms with van der Waals surface area (Å²) in [7, 11) is 0. The van der Waals surface area contributed by atoms with E-state index in [4.69, 9.17) is 4.42 Å². The van der Waals surface area contributed by atoms with Gasteiger partial charge in [0, 0.05) is 49.7 Å². The minimum Gasteiger partial charge on any atom is -0.456 e. The van der Waals surface area contributed by atoms with Crippen molar-refractivity contribution in [3.63, 3.8) is 0 Å². The molecular formula is C18H16FN3O2. The van der Waals surface area contributed by atoms with Crippen LogP contribution >= 0.6 is 0 Å². The Morgan fingerprint density at radius 2 is 1.96 bits per heavy atom. The van der Waals surface area contributed by atoms with Crippen molar-refractivity contribution in [2.45, 2.75) is 0 Å². The van der Waals surface area contributed by atoms with Gasteiger partial charge >= 0.3 is 0 Å². The van der Waals surface area contributed by atoms with Gasteiger partial charge in [-0.2, -0.15) is 0 Å². The predicted molar refractivity (Wildman–Crippen MR) is 90.8 cm³/mol. The molecule has 0 saturated carbocycles. The second-order valence-corrected chi connectivity index (χ2v) is 5.78. The summed E-state index contributed by atoms with van der Waals surface area (Å²) in [6.45, 7) is 3.67. The van der Waals surface area contributed by atoms with E-state index in [1.165, 1.54) is 18.3 Å². The standard InChI is InChI=1S/C18H16FN3O2/c19-13-7-12(10-21-11-13)18-9-16(23)15-8-14(1-2-17(15)24-18)22-5-3-20-4-6-22/h1-2,7-11,20H,3-6H2. The number of halogens is 1. The van der Waals surface area contributed by atoms with Gasteiger partial charge < -0.3 is 14.6 Å². The van der Waals surface area contributed by atoms with E-state index in [0.717, 1.165) is 38.1 Å². The van der Waals surface area contributed by atoms with Gasteiger partial charge in [0.1, 0.15) is 17.2 Å². The van der Waals surface area contributed by atoms with E-state index in [9.17, 15) is 9.18 Å². The first-order valence-corrected chi connectivity index (χ1v) is 7.85. The van der Waals surface area contributed by atoms with Crippen LogP contribution in [0.3, 0.4) is 0 Å². The zero-order valence-corrected chi connectivity index (χ0v) is 13.0. The highest BCUT2D eigenvalue weighted by Crippen LogP contribution is 2.25. The van der Waals surface area contributed by atoms with Gasteiger partial charge in [0.25, 0.3) is 0 Å². The van der Waals surface area contributed by atoms with E-state index in [1.807, 2.05) is 12.1 Å². The Kier molecular flexibility index (Phi) is 3.74. The molecule has 0 radical (unpaired) electrons. The van der Waals surface area contributed by atoms with Crippen molar-refractivity contribution in [3.05, 3.63) is 58.8 Å². The lowest BCUT2D eigenvalue weighted by Gasteiger charge is -2.29. The van der Waals surface area contributed by atoms with Gasteiger partial charge in [0.05, 0.1) is 11.6 Å². The van der Waals surface area contributed by atoms with Gasteiger partial charge in [0.2, 0.25) is 0 Å². The minimum absolute atomic E-state index is 0.146. The van der Waals surface area contributed by atoms with Gasteiger partial charge in [-0.1, -0.05) is 0 Å². The highest BCUT2D eigenvalue weighted by molar-refractivity contribution is 5.82. The van der Waals surface area contributed by atoms with Crippen LogP contribution in [0.1, 0.15) is 0 Å². The molecule has 1 fully saturated rings. The molecule has 0 aliphatic carbocycles. The molecule has 0 spiro atoms. The third kappa shape index (κ3) is 2.76. The van der Waals surface area contributed by atoms with Crippen molar-refractivity contribution in [2.24, 2.45) is 0 Å². The normalized spacial score (nSPS) is 15.0. The zero-order chi connectivity index (χ0) is 16.5. The predicted octanol–water partition coefficient (Wildman–Crippen LogP) is 2.40. The fourth-order valence-corrected chi connectivity index (χ4v) is 2.95. The molecule has 24 heavy (non-hydrogen) atoms. The Morgan fingerprint density at radius 3 is 2.75 bits per heavy atom. The molecule has 0 amide bonds. The fourth-order valence-electron chi connectivity index (χ4n) is 2.95. The van der Waals surface area contributed by atoms with Gasteiger partial charge in [-0.25, -0.2) is 4.39 Å². The number of fused-ring (bicyclic) bond motifs is 1.